The van der Waals surface area contributed by atoms with Crippen molar-refractivity contribution in [2.24, 2.45) is 0 Å². The number of ether oxygens (including phenoxy) is 3. The molecule has 174 valence electrons. The highest BCUT2D eigenvalue weighted by Gasteiger charge is 2.35. The Balaban J connectivity index is 1.78. The molecule has 3 atom stereocenters. The minimum absolute atomic E-state index is 0.0994. The van der Waals surface area contributed by atoms with Crippen molar-refractivity contribution in [3.05, 3.63) is 53.2 Å². The molecule has 0 spiro atoms. The number of amides is 1. The molecule has 33 heavy (non-hydrogen) atoms. The van der Waals surface area contributed by atoms with E-state index in [1.54, 1.807) is 19.1 Å². The van der Waals surface area contributed by atoms with Crippen LogP contribution < -0.4 is 20.1 Å². The molecule has 1 aliphatic rings. The predicted molar refractivity (Wildman–Crippen MR) is 122 cm³/mol. The maximum absolute atomic E-state index is 13.1. The normalized spacial score (nSPS) is 18.3. The first-order valence-corrected chi connectivity index (χ1v) is 10.6. The minimum atomic E-state index is -0.777. The molecule has 1 aliphatic heterocycles. The van der Waals surface area contributed by atoms with E-state index in [0.29, 0.717) is 6.42 Å². The molecule has 1 aromatic heterocycles. The molecule has 0 bridgehead atoms. The number of aromatic nitrogens is 1. The summed E-state index contributed by atoms with van der Waals surface area (Å²) in [5.41, 5.74) is 3.62. The highest BCUT2D eigenvalue weighted by atomic mass is 16.5. The van der Waals surface area contributed by atoms with Crippen LogP contribution in [0.3, 0.4) is 0 Å². The third-order valence-electron chi connectivity index (χ3n) is 5.98. The Morgan fingerprint density at radius 3 is 2.42 bits per heavy atom. The van der Waals surface area contributed by atoms with Crippen LogP contribution in [-0.4, -0.2) is 55.4 Å². The van der Waals surface area contributed by atoms with Crippen LogP contribution in [0.2, 0.25) is 0 Å². The van der Waals surface area contributed by atoms with Crippen molar-refractivity contribution < 1.29 is 28.9 Å². The SMILES string of the molecule is COC(=O)[C@@H](C)NC(=O)[C@@H]1Cc2c([nH]c3ccccc23)[C@@H](c2cc(OC)c(O)c(OC)c2)N1. The topological polar surface area (TPSA) is 122 Å². The number of esters is 1. The van der Waals surface area contributed by atoms with Crippen LogP contribution in [0.15, 0.2) is 36.4 Å². The van der Waals surface area contributed by atoms with Crippen LogP contribution in [0.1, 0.15) is 29.8 Å². The van der Waals surface area contributed by atoms with Gasteiger partial charge >= 0.3 is 5.97 Å². The van der Waals surface area contributed by atoms with Gasteiger partial charge in [0.25, 0.3) is 0 Å². The maximum Gasteiger partial charge on any atom is 0.328 e. The van der Waals surface area contributed by atoms with Gasteiger partial charge in [-0.2, -0.15) is 0 Å². The molecule has 9 heteroatoms. The Labute approximate surface area is 191 Å². The number of H-pyrrole nitrogens is 1. The number of hydrogen-bond acceptors (Lipinski definition) is 7. The summed E-state index contributed by atoms with van der Waals surface area (Å²) in [7, 11) is 4.21. The number of aromatic amines is 1. The first kappa shape index (κ1) is 22.5. The Bertz CT molecular complexity index is 1180. The molecule has 0 radical (unpaired) electrons. The van der Waals surface area contributed by atoms with Crippen molar-refractivity contribution in [1.29, 1.82) is 0 Å². The second-order valence-electron chi connectivity index (χ2n) is 7.95. The lowest BCUT2D eigenvalue weighted by atomic mass is 9.89. The van der Waals surface area contributed by atoms with Gasteiger partial charge in [0.1, 0.15) is 6.04 Å². The van der Waals surface area contributed by atoms with E-state index in [-0.39, 0.29) is 23.2 Å². The number of fused-ring (bicyclic) bond motifs is 3. The van der Waals surface area contributed by atoms with E-state index in [2.05, 4.69) is 15.6 Å². The molecule has 2 heterocycles. The van der Waals surface area contributed by atoms with Crippen molar-refractivity contribution in [2.45, 2.75) is 31.5 Å². The smallest absolute Gasteiger partial charge is 0.328 e. The molecule has 0 fully saturated rings. The van der Waals surface area contributed by atoms with Crippen molar-refractivity contribution in [2.75, 3.05) is 21.3 Å². The van der Waals surface area contributed by atoms with Crippen molar-refractivity contribution in [1.82, 2.24) is 15.6 Å². The number of para-hydroxylation sites is 1. The van der Waals surface area contributed by atoms with Gasteiger partial charge in [0.05, 0.1) is 33.4 Å². The average Bonchev–Trinajstić information content (AvgIpc) is 3.21. The number of aromatic hydroxyl groups is 1. The monoisotopic (exact) mass is 453 g/mol. The fourth-order valence-electron chi connectivity index (χ4n) is 4.30. The van der Waals surface area contributed by atoms with Crippen molar-refractivity contribution in [3.8, 4) is 17.2 Å². The zero-order valence-corrected chi connectivity index (χ0v) is 18.9. The van der Waals surface area contributed by atoms with Gasteiger partial charge in [0, 0.05) is 16.6 Å². The van der Waals surface area contributed by atoms with E-state index in [4.69, 9.17) is 14.2 Å². The lowest BCUT2D eigenvalue weighted by Crippen LogP contribution is -2.53. The molecule has 9 nitrogen and oxygen atoms in total. The van der Waals surface area contributed by atoms with E-state index >= 15 is 0 Å². The molecule has 3 aromatic rings. The lowest BCUT2D eigenvalue weighted by molar-refractivity contribution is -0.144. The maximum atomic E-state index is 13.1. The van der Waals surface area contributed by atoms with E-state index in [1.807, 2.05) is 24.3 Å². The summed E-state index contributed by atoms with van der Waals surface area (Å²) < 4.78 is 15.4. The second-order valence-corrected chi connectivity index (χ2v) is 7.95. The Morgan fingerprint density at radius 1 is 1.12 bits per heavy atom. The van der Waals surface area contributed by atoms with Gasteiger partial charge in [-0.25, -0.2) is 4.79 Å². The molecule has 4 N–H and O–H groups in total. The second kappa shape index (κ2) is 9.03. The van der Waals surface area contributed by atoms with E-state index in [0.717, 1.165) is 27.7 Å². The first-order valence-electron chi connectivity index (χ1n) is 10.6. The molecular formula is C24H27N3O6. The Morgan fingerprint density at radius 2 is 1.79 bits per heavy atom. The highest BCUT2D eigenvalue weighted by Crippen LogP contribution is 2.42. The summed E-state index contributed by atoms with van der Waals surface area (Å²) in [4.78, 5) is 28.4. The number of carbonyl (C=O) groups excluding carboxylic acids is 2. The number of nitrogens with one attached hydrogen (secondary N) is 3. The number of carbonyl (C=O) groups is 2. The standard InChI is InChI=1S/C24H27N3O6/c1-12(24(30)33-4)25-23(29)17-11-15-14-7-5-6-8-16(14)26-21(15)20(27-17)13-9-18(31-2)22(28)19(10-13)32-3/h5-10,12,17,20,26-28H,11H2,1-4H3,(H,25,29)/t12-,17+,20-/m1/s1. The van der Waals surface area contributed by atoms with Crippen molar-refractivity contribution in [3.63, 3.8) is 0 Å². The third kappa shape index (κ3) is 4.07. The first-order chi connectivity index (χ1) is 15.9. The summed E-state index contributed by atoms with van der Waals surface area (Å²) in [6.45, 7) is 1.58. The molecule has 0 aliphatic carbocycles. The van der Waals surface area contributed by atoms with Gasteiger partial charge < -0.3 is 29.6 Å². The number of methoxy groups -OCH3 is 3. The van der Waals surface area contributed by atoms with E-state index in [1.165, 1.54) is 21.3 Å². The van der Waals surface area contributed by atoms with Gasteiger partial charge in [-0.15, -0.1) is 0 Å². The van der Waals surface area contributed by atoms with Crippen LogP contribution in [0, 0.1) is 0 Å². The molecule has 0 saturated carbocycles. The van der Waals surface area contributed by atoms with Crippen LogP contribution in [0.25, 0.3) is 10.9 Å². The zero-order valence-electron chi connectivity index (χ0n) is 18.9. The predicted octanol–water partition coefficient (Wildman–Crippen LogP) is 2.17. The highest BCUT2D eigenvalue weighted by molar-refractivity contribution is 5.90. The summed E-state index contributed by atoms with van der Waals surface area (Å²) in [5, 5.41) is 17.5. The Hall–Kier alpha value is -3.72. The van der Waals surface area contributed by atoms with Gasteiger partial charge in [0.2, 0.25) is 11.7 Å². The van der Waals surface area contributed by atoms with Crippen molar-refractivity contribution >= 4 is 22.8 Å². The zero-order chi connectivity index (χ0) is 23.7. The van der Waals surface area contributed by atoms with Crippen LogP contribution in [0.5, 0.6) is 17.2 Å². The quantitative estimate of drug-likeness (QED) is 0.422. The molecule has 2 aromatic carbocycles. The molecular weight excluding hydrogens is 426 g/mol. The third-order valence-corrected chi connectivity index (χ3v) is 5.98. The van der Waals surface area contributed by atoms with Crippen LogP contribution in [0.4, 0.5) is 0 Å². The molecule has 4 rings (SSSR count). The Kier molecular flexibility index (Phi) is 6.15. The van der Waals surface area contributed by atoms with Gasteiger partial charge in [-0.1, -0.05) is 18.2 Å². The average molecular weight is 453 g/mol. The molecule has 0 saturated heterocycles. The fourth-order valence-corrected chi connectivity index (χ4v) is 4.30. The fraction of sp³-hybridized carbons (Fsp3) is 0.333. The number of benzene rings is 2. The van der Waals surface area contributed by atoms with E-state index < -0.39 is 24.1 Å². The van der Waals surface area contributed by atoms with E-state index in [9.17, 15) is 14.7 Å². The summed E-state index contributed by atoms with van der Waals surface area (Å²) in [5.74, 6) is -0.412. The van der Waals surface area contributed by atoms with Crippen LogP contribution in [-0.2, 0) is 20.7 Å². The minimum Gasteiger partial charge on any atom is -0.502 e. The summed E-state index contributed by atoms with van der Waals surface area (Å²) in [6, 6.07) is 9.50. The number of rotatable bonds is 6. The number of phenols is 1. The largest absolute Gasteiger partial charge is 0.502 e. The number of phenolic OH excluding ortho intramolecular Hbond substituents is 1. The molecule has 0 unspecified atom stereocenters. The van der Waals surface area contributed by atoms with Gasteiger partial charge in [-0.3, -0.25) is 10.1 Å². The van der Waals surface area contributed by atoms with Crippen LogP contribution >= 0.6 is 0 Å². The van der Waals surface area contributed by atoms with Gasteiger partial charge in [0.15, 0.2) is 11.5 Å². The molecule has 1 amide bonds. The lowest BCUT2D eigenvalue weighted by Gasteiger charge is -2.32. The summed E-state index contributed by atoms with van der Waals surface area (Å²) in [6.07, 6.45) is 0.432. The number of hydrogen-bond donors (Lipinski definition) is 4. The van der Waals surface area contributed by atoms with Gasteiger partial charge in [-0.05, 0) is 42.7 Å². The summed E-state index contributed by atoms with van der Waals surface area (Å²) >= 11 is 0.